The lowest BCUT2D eigenvalue weighted by molar-refractivity contribution is 0.129. The van der Waals surface area contributed by atoms with Crippen LogP contribution >= 0.6 is 0 Å². The molecule has 180 valence electrons. The Hall–Kier alpha value is -4.08. The van der Waals surface area contributed by atoms with Gasteiger partial charge in [0.05, 0.1) is 23.6 Å². The second-order valence-electron chi connectivity index (χ2n) is 8.39. The Labute approximate surface area is 197 Å². The van der Waals surface area contributed by atoms with Crippen molar-refractivity contribution >= 4 is 47.0 Å². The van der Waals surface area contributed by atoms with Crippen LogP contribution in [0.3, 0.4) is 0 Å². The molecule has 10 heteroatoms. The van der Waals surface area contributed by atoms with Crippen LogP contribution in [0.2, 0.25) is 0 Å². The van der Waals surface area contributed by atoms with Gasteiger partial charge in [-0.3, -0.25) is 10.6 Å². The third-order valence-electron chi connectivity index (χ3n) is 4.88. The van der Waals surface area contributed by atoms with Crippen LogP contribution in [0.4, 0.5) is 41.9 Å². The highest BCUT2D eigenvalue weighted by Gasteiger charge is 2.46. The maximum absolute atomic E-state index is 12.9. The number of hydrogen-bond acceptors (Lipinski definition) is 6. The van der Waals surface area contributed by atoms with Gasteiger partial charge in [0.15, 0.2) is 0 Å². The van der Waals surface area contributed by atoms with Gasteiger partial charge in [0, 0.05) is 11.4 Å². The first-order chi connectivity index (χ1) is 16.0. The zero-order chi connectivity index (χ0) is 25.2. The Morgan fingerprint density at radius 2 is 1.06 bits per heavy atom. The number of ether oxygens (including phenoxy) is 2. The molecule has 1 aliphatic heterocycles. The Morgan fingerprint density at radius 3 is 1.38 bits per heavy atom. The maximum Gasteiger partial charge on any atom is 0.411 e. The molecule has 1 saturated heterocycles. The molecule has 34 heavy (non-hydrogen) atoms. The van der Waals surface area contributed by atoms with Crippen molar-refractivity contribution in [1.29, 1.82) is 0 Å². The Kier molecular flexibility index (Phi) is 7.09. The van der Waals surface area contributed by atoms with E-state index in [0.717, 1.165) is 20.9 Å². The number of anilines is 4. The molecule has 0 radical (unpaired) electrons. The van der Waals surface area contributed by atoms with E-state index in [2.05, 4.69) is 10.6 Å². The number of carbonyl (C=O) groups is 4. The highest BCUT2D eigenvalue weighted by atomic mass is 16.6. The Balaban J connectivity index is 1.79. The summed E-state index contributed by atoms with van der Waals surface area (Å²) in [5, 5.41) is 5.25. The fraction of sp³-hybridized carbons (Fsp3) is 0.333. The highest BCUT2D eigenvalue weighted by Crippen LogP contribution is 2.34. The summed E-state index contributed by atoms with van der Waals surface area (Å²) >= 11 is 0. The van der Waals surface area contributed by atoms with Crippen LogP contribution in [0.1, 0.15) is 38.8 Å². The molecule has 2 N–H and O–H groups in total. The number of urea groups is 2. The molecule has 2 aromatic carbocycles. The number of aryl methyl sites for hydroxylation is 2. The standard InChI is InChI=1S/C24H28N4O6/c1-13(2)33-21(29)25-19-11-17(9-7-15(19)5)27-23(31)28(24(27)32)18-10-8-16(6)20(12-18)26-22(30)34-14(3)4/h7-14H,1-6H3,(H,25,29)(H,26,30). The second-order valence-corrected chi connectivity index (χ2v) is 8.39. The van der Waals surface area contributed by atoms with Crippen molar-refractivity contribution in [2.75, 3.05) is 20.4 Å². The molecule has 3 rings (SSSR count). The first kappa shape index (κ1) is 24.6. The number of hydrogen-bond donors (Lipinski definition) is 2. The minimum absolute atomic E-state index is 0.295. The van der Waals surface area contributed by atoms with E-state index >= 15 is 0 Å². The summed E-state index contributed by atoms with van der Waals surface area (Å²) in [6.07, 6.45) is -1.85. The van der Waals surface area contributed by atoms with Crippen molar-refractivity contribution in [2.24, 2.45) is 0 Å². The predicted molar refractivity (Wildman–Crippen MR) is 129 cm³/mol. The van der Waals surface area contributed by atoms with Gasteiger partial charge in [0.25, 0.3) is 0 Å². The smallest absolute Gasteiger partial charge is 0.411 e. The zero-order valence-corrected chi connectivity index (χ0v) is 20.0. The van der Waals surface area contributed by atoms with Crippen molar-refractivity contribution in [2.45, 2.75) is 53.8 Å². The molecule has 0 atom stereocenters. The predicted octanol–water partition coefficient (Wildman–Crippen LogP) is 5.78. The summed E-state index contributed by atoms with van der Waals surface area (Å²) in [7, 11) is 0. The van der Waals surface area contributed by atoms with Crippen LogP contribution in [0.25, 0.3) is 0 Å². The summed E-state index contributed by atoms with van der Waals surface area (Å²) in [4.78, 5) is 51.8. The van der Waals surface area contributed by atoms with Crippen molar-refractivity contribution < 1.29 is 28.7 Å². The molecule has 0 bridgehead atoms. The molecule has 2 aromatic rings. The maximum atomic E-state index is 12.9. The number of amides is 6. The number of benzene rings is 2. The van der Waals surface area contributed by atoms with Gasteiger partial charge in [0.1, 0.15) is 0 Å². The first-order valence-electron chi connectivity index (χ1n) is 10.8. The topological polar surface area (TPSA) is 117 Å². The Bertz CT molecular complexity index is 1040. The van der Waals surface area contributed by atoms with Crippen molar-refractivity contribution in [3.8, 4) is 0 Å². The van der Waals surface area contributed by atoms with E-state index < -0.39 is 24.2 Å². The van der Waals surface area contributed by atoms with Crippen LogP contribution in [0, 0.1) is 13.8 Å². The van der Waals surface area contributed by atoms with Crippen LogP contribution in [0.5, 0.6) is 0 Å². The summed E-state index contributed by atoms with van der Waals surface area (Å²) in [5.41, 5.74) is 2.94. The monoisotopic (exact) mass is 468 g/mol. The lowest BCUT2D eigenvalue weighted by Gasteiger charge is -2.39. The molecule has 0 aliphatic carbocycles. The largest absolute Gasteiger partial charge is 0.447 e. The van der Waals surface area contributed by atoms with Crippen LogP contribution < -0.4 is 20.4 Å². The molecule has 0 spiro atoms. The molecule has 1 fully saturated rings. The molecular formula is C24H28N4O6. The van der Waals surface area contributed by atoms with Crippen molar-refractivity contribution in [3.05, 3.63) is 47.5 Å². The summed E-state index contributed by atoms with van der Waals surface area (Å²) in [6.45, 7) is 10.5. The molecule has 6 amide bonds. The summed E-state index contributed by atoms with van der Waals surface area (Å²) < 4.78 is 10.2. The quantitative estimate of drug-likeness (QED) is 0.555. The molecule has 0 unspecified atom stereocenters. The van der Waals surface area contributed by atoms with E-state index in [1.807, 2.05) is 0 Å². The zero-order valence-electron chi connectivity index (χ0n) is 20.0. The number of rotatable bonds is 6. The lowest BCUT2D eigenvalue weighted by Crippen LogP contribution is -2.64. The third kappa shape index (κ3) is 5.28. The normalized spacial score (nSPS) is 13.2. The van der Waals surface area contributed by atoms with Crippen LogP contribution in [-0.4, -0.2) is 36.5 Å². The van der Waals surface area contributed by atoms with Crippen molar-refractivity contribution in [3.63, 3.8) is 0 Å². The molecule has 0 aromatic heterocycles. The van der Waals surface area contributed by atoms with Gasteiger partial charge < -0.3 is 9.47 Å². The van der Waals surface area contributed by atoms with E-state index in [1.54, 1.807) is 65.8 Å². The number of nitrogens with one attached hydrogen (secondary N) is 2. The highest BCUT2D eigenvalue weighted by molar-refractivity contribution is 6.41. The Morgan fingerprint density at radius 1 is 0.706 bits per heavy atom. The average molecular weight is 469 g/mol. The SMILES string of the molecule is Cc1ccc(N2C(=O)N(c3ccc(C)c(NC(=O)OC(C)C)c3)C2=O)cc1NC(=O)OC(C)C. The van der Waals surface area contributed by atoms with Gasteiger partial charge >= 0.3 is 24.2 Å². The van der Waals surface area contributed by atoms with Gasteiger partial charge in [-0.1, -0.05) is 12.1 Å². The third-order valence-corrected chi connectivity index (χ3v) is 4.88. The average Bonchev–Trinajstić information content (AvgIpc) is 2.72. The summed E-state index contributed by atoms with van der Waals surface area (Å²) in [5.74, 6) is 0. The number of carbonyl (C=O) groups excluding carboxylic acids is 4. The van der Waals surface area contributed by atoms with Gasteiger partial charge in [0.2, 0.25) is 0 Å². The van der Waals surface area contributed by atoms with Gasteiger partial charge in [-0.15, -0.1) is 0 Å². The summed E-state index contributed by atoms with van der Waals surface area (Å²) in [6, 6.07) is 8.56. The number of imide groups is 2. The van der Waals surface area contributed by atoms with E-state index in [-0.39, 0.29) is 12.2 Å². The molecular weight excluding hydrogens is 440 g/mol. The molecule has 1 aliphatic rings. The van der Waals surface area contributed by atoms with Gasteiger partial charge in [-0.05, 0) is 76.9 Å². The van der Waals surface area contributed by atoms with E-state index in [9.17, 15) is 19.2 Å². The lowest BCUT2D eigenvalue weighted by atomic mass is 10.1. The van der Waals surface area contributed by atoms with E-state index in [1.165, 1.54) is 12.1 Å². The van der Waals surface area contributed by atoms with E-state index in [4.69, 9.17) is 9.47 Å². The number of nitrogens with zero attached hydrogens (tertiary/aromatic N) is 2. The van der Waals surface area contributed by atoms with Crippen LogP contribution in [-0.2, 0) is 9.47 Å². The fourth-order valence-corrected chi connectivity index (χ4v) is 3.24. The van der Waals surface area contributed by atoms with E-state index in [0.29, 0.717) is 22.7 Å². The van der Waals surface area contributed by atoms with Crippen molar-refractivity contribution in [1.82, 2.24) is 0 Å². The molecule has 10 nitrogen and oxygen atoms in total. The van der Waals surface area contributed by atoms with Crippen LogP contribution in [0.15, 0.2) is 36.4 Å². The molecule has 0 saturated carbocycles. The second kappa shape index (κ2) is 9.82. The minimum Gasteiger partial charge on any atom is -0.447 e. The first-order valence-corrected chi connectivity index (χ1v) is 10.8. The minimum atomic E-state index is -0.631. The fourth-order valence-electron chi connectivity index (χ4n) is 3.24. The molecule has 1 heterocycles. The van der Waals surface area contributed by atoms with Gasteiger partial charge in [-0.25, -0.2) is 29.0 Å². The van der Waals surface area contributed by atoms with Gasteiger partial charge in [-0.2, -0.15) is 0 Å².